The van der Waals surface area contributed by atoms with Crippen molar-refractivity contribution >= 4 is 22.6 Å². The van der Waals surface area contributed by atoms with Gasteiger partial charge in [0.1, 0.15) is 11.7 Å². The van der Waals surface area contributed by atoms with Crippen molar-refractivity contribution in [3.63, 3.8) is 0 Å². The molecule has 3 aromatic heterocycles. The number of rotatable bonds is 7. The Bertz CT molecular complexity index is 1850. The third-order valence-electron chi connectivity index (χ3n) is 11.7. The highest BCUT2D eigenvalue weighted by atomic mass is 19.1. The zero-order valence-corrected chi connectivity index (χ0v) is 24.9. The minimum absolute atomic E-state index is 0.0205. The molecule has 1 aromatic carbocycles. The van der Waals surface area contributed by atoms with Crippen LogP contribution in [0.2, 0.25) is 0 Å². The number of halogens is 1. The van der Waals surface area contributed by atoms with Crippen LogP contribution in [0.15, 0.2) is 41.1 Å². The number of carbonyl (C=O) groups is 1. The molecule has 7 fully saturated rings. The second-order valence-corrected chi connectivity index (χ2v) is 14.6. The summed E-state index contributed by atoms with van der Waals surface area (Å²) in [6, 6.07) is 11.9. The Morgan fingerprint density at radius 2 is 1.86 bits per heavy atom. The van der Waals surface area contributed by atoms with E-state index in [2.05, 4.69) is 16.3 Å². The van der Waals surface area contributed by atoms with E-state index in [1.807, 2.05) is 42.3 Å². The molecule has 7 aliphatic rings. The number of hydrogen-bond acceptors (Lipinski definition) is 7. The molecule has 1 amide bonds. The van der Waals surface area contributed by atoms with Crippen molar-refractivity contribution in [1.29, 1.82) is 5.26 Å². The fraction of sp³-hybridized carbons (Fsp3) is 0.529. The first-order chi connectivity index (χ1) is 21.2. The quantitative estimate of drug-likeness (QED) is 0.248. The van der Waals surface area contributed by atoms with Crippen molar-refractivity contribution < 1.29 is 13.7 Å². The third-order valence-corrected chi connectivity index (χ3v) is 11.7. The molecule has 224 valence electrons. The molecule has 9 nitrogen and oxygen atoms in total. The summed E-state index contributed by atoms with van der Waals surface area (Å²) in [5.74, 6) is 2.18. The number of aromatic nitrogens is 5. The summed E-state index contributed by atoms with van der Waals surface area (Å²) in [7, 11) is 1.83. The number of nitriles is 1. The van der Waals surface area contributed by atoms with Gasteiger partial charge in [-0.25, -0.2) is 9.37 Å². The van der Waals surface area contributed by atoms with Crippen LogP contribution in [0.3, 0.4) is 0 Å². The first-order valence-corrected chi connectivity index (χ1v) is 15.9. The minimum Gasteiger partial charge on any atom is -0.339 e. The first-order valence-electron chi connectivity index (χ1n) is 15.9. The van der Waals surface area contributed by atoms with E-state index in [0.717, 1.165) is 79.7 Å². The molecule has 0 radical (unpaired) electrons. The maximum absolute atomic E-state index is 14.7. The molecule has 0 saturated heterocycles. The Labute approximate surface area is 254 Å². The van der Waals surface area contributed by atoms with Gasteiger partial charge in [-0.1, -0.05) is 17.3 Å². The van der Waals surface area contributed by atoms with Crippen molar-refractivity contribution in [3.8, 4) is 17.3 Å². The number of amides is 1. The highest BCUT2D eigenvalue weighted by Gasteiger charge is 2.73. The predicted octanol–water partition coefficient (Wildman–Crippen LogP) is 6.28. The molecule has 0 atom stereocenters. The Balaban J connectivity index is 1.04. The molecular formula is C34H34FN7O2. The number of fused-ring (bicyclic) bond motifs is 4. The van der Waals surface area contributed by atoms with Crippen LogP contribution in [0.5, 0.6) is 0 Å². The molecule has 0 aliphatic heterocycles. The van der Waals surface area contributed by atoms with Gasteiger partial charge >= 0.3 is 0 Å². The molecule has 0 N–H and O–H groups in total. The van der Waals surface area contributed by atoms with E-state index in [1.165, 1.54) is 0 Å². The smallest absolute Gasteiger partial charge is 0.233 e. The molecule has 3 heterocycles. The van der Waals surface area contributed by atoms with Gasteiger partial charge in [-0.2, -0.15) is 15.3 Å². The highest BCUT2D eigenvalue weighted by Crippen LogP contribution is 2.70. The summed E-state index contributed by atoms with van der Waals surface area (Å²) in [6.07, 6.45) is 10.8. The number of benzene rings is 1. The summed E-state index contributed by atoms with van der Waals surface area (Å²) in [6.45, 7) is 0.600. The lowest BCUT2D eigenvalue weighted by molar-refractivity contribution is -0.211. The van der Waals surface area contributed by atoms with Crippen LogP contribution >= 0.6 is 0 Å². The maximum atomic E-state index is 14.7. The van der Waals surface area contributed by atoms with Gasteiger partial charge in [0.15, 0.2) is 11.5 Å². The Hall–Kier alpha value is -4.13. The van der Waals surface area contributed by atoms with Crippen LogP contribution in [0.4, 0.5) is 10.1 Å². The Kier molecular flexibility index (Phi) is 5.22. The molecule has 7 aliphatic carbocycles. The zero-order valence-electron chi connectivity index (χ0n) is 24.9. The second kappa shape index (κ2) is 8.74. The molecule has 0 spiro atoms. The van der Waals surface area contributed by atoms with Gasteiger partial charge in [0, 0.05) is 41.6 Å². The number of anilines is 1. The van der Waals surface area contributed by atoms with Crippen molar-refractivity contribution in [3.05, 3.63) is 53.8 Å². The predicted molar refractivity (Wildman–Crippen MR) is 159 cm³/mol. The van der Waals surface area contributed by atoms with E-state index >= 15 is 0 Å². The van der Waals surface area contributed by atoms with E-state index < -0.39 is 11.1 Å². The van der Waals surface area contributed by atoms with Gasteiger partial charge in [0.05, 0.1) is 22.9 Å². The van der Waals surface area contributed by atoms with Crippen LogP contribution in [0.1, 0.15) is 93.8 Å². The van der Waals surface area contributed by atoms with Crippen LogP contribution < -0.4 is 4.90 Å². The van der Waals surface area contributed by atoms with Crippen LogP contribution in [0, 0.1) is 22.2 Å². The van der Waals surface area contributed by atoms with Crippen molar-refractivity contribution in [1.82, 2.24) is 24.9 Å². The fourth-order valence-electron chi connectivity index (χ4n) is 8.77. The number of alkyl halides is 1. The minimum atomic E-state index is -1.16. The van der Waals surface area contributed by atoms with Gasteiger partial charge < -0.3 is 9.42 Å². The third kappa shape index (κ3) is 3.77. The average molecular weight is 592 g/mol. The summed E-state index contributed by atoms with van der Waals surface area (Å²) >= 11 is 0. The molecular weight excluding hydrogens is 557 g/mol. The topological polar surface area (TPSA) is 114 Å². The summed E-state index contributed by atoms with van der Waals surface area (Å²) in [4.78, 5) is 26.0. The molecule has 0 unspecified atom stereocenters. The number of carbonyl (C=O) groups excluding carboxylic acids is 1. The molecule has 4 bridgehead atoms. The van der Waals surface area contributed by atoms with Crippen molar-refractivity contribution in [2.24, 2.45) is 17.9 Å². The number of hydrogen-bond donors (Lipinski definition) is 0. The molecule has 11 rings (SSSR count). The Morgan fingerprint density at radius 3 is 2.55 bits per heavy atom. The summed E-state index contributed by atoms with van der Waals surface area (Å²) in [5.41, 5.74) is 1.43. The standard InChI is InChI=1S/C34H34FN7O2/c1-41-28-24(16-37-41)13-23(15-36)26(38-28)22-3-2-4-25(14-22)42(30(43)33-17-34(35,18-33)19-33)20-31-7-10-32(11-8-31,12-9-31)29-39-27(40-44-29)21-5-6-21/h2-4,13-14,16,21H,5-12,17-20H2,1H3. The highest BCUT2D eigenvalue weighted by molar-refractivity contribution is 6.01. The Morgan fingerprint density at radius 1 is 1.11 bits per heavy atom. The van der Waals surface area contributed by atoms with Crippen molar-refractivity contribution in [2.75, 3.05) is 11.4 Å². The number of aryl methyl sites for hydroxylation is 1. The first kappa shape index (κ1) is 26.3. The van der Waals surface area contributed by atoms with Gasteiger partial charge in [-0.05, 0) is 94.2 Å². The molecule has 4 aromatic rings. The van der Waals surface area contributed by atoms with Gasteiger partial charge in [-0.3, -0.25) is 9.48 Å². The van der Waals surface area contributed by atoms with Crippen LogP contribution in [-0.4, -0.2) is 43.0 Å². The zero-order chi connectivity index (χ0) is 29.9. The maximum Gasteiger partial charge on any atom is 0.233 e. The normalized spacial score (nSPS) is 31.8. The fourth-order valence-corrected chi connectivity index (χ4v) is 8.77. The van der Waals surface area contributed by atoms with E-state index in [1.54, 1.807) is 10.9 Å². The lowest BCUT2D eigenvalue weighted by atomic mass is 9.41. The monoisotopic (exact) mass is 591 g/mol. The van der Waals surface area contributed by atoms with Gasteiger partial charge in [0.2, 0.25) is 11.8 Å². The second-order valence-electron chi connectivity index (χ2n) is 14.6. The lowest BCUT2D eigenvalue weighted by Crippen LogP contribution is -2.71. The van der Waals surface area contributed by atoms with Crippen LogP contribution in [0.25, 0.3) is 22.3 Å². The van der Waals surface area contributed by atoms with E-state index in [0.29, 0.717) is 48.6 Å². The van der Waals surface area contributed by atoms with Crippen molar-refractivity contribution in [2.45, 2.75) is 87.6 Å². The largest absolute Gasteiger partial charge is 0.339 e. The molecule has 10 heteroatoms. The summed E-state index contributed by atoms with van der Waals surface area (Å²) in [5, 5.41) is 19.4. The van der Waals surface area contributed by atoms with E-state index in [9.17, 15) is 14.4 Å². The lowest BCUT2D eigenvalue weighted by Gasteiger charge is -2.65. The molecule has 7 saturated carbocycles. The number of nitrogens with zero attached hydrogens (tertiary/aromatic N) is 7. The SMILES string of the molecule is Cn1ncc2cc(C#N)c(-c3cccc(N(CC45CCC(c6nc(C7CC7)no6)(CC4)CC5)C(=O)C45CC(F)(C4)C5)c3)nc21. The van der Waals surface area contributed by atoms with Gasteiger partial charge in [0.25, 0.3) is 0 Å². The summed E-state index contributed by atoms with van der Waals surface area (Å²) < 4.78 is 22.2. The van der Waals surface area contributed by atoms with E-state index in [4.69, 9.17) is 14.5 Å². The van der Waals surface area contributed by atoms with Crippen LogP contribution in [-0.2, 0) is 17.3 Å². The van der Waals surface area contributed by atoms with E-state index in [-0.39, 0.29) is 16.7 Å². The number of pyridine rings is 1. The average Bonchev–Trinajstić information content (AvgIpc) is 3.64. The molecule has 44 heavy (non-hydrogen) atoms. The van der Waals surface area contributed by atoms with Gasteiger partial charge in [-0.15, -0.1) is 0 Å².